The van der Waals surface area contributed by atoms with Gasteiger partial charge in [-0.25, -0.2) is 0 Å². The van der Waals surface area contributed by atoms with Crippen molar-refractivity contribution in [3.8, 4) is 16.9 Å². The molecule has 0 saturated heterocycles. The highest BCUT2D eigenvalue weighted by Crippen LogP contribution is 2.33. The standard InChI is InChI=1S/C25H23N3O3/c1-28(15-17-7-3-2-4-8-17)16-23(30)27-19-10-5-9-18(13-19)21-14-26-25(31)20-11-6-12-22(29)24(20)21/h2-14,29H,15-16H2,1H3,(H,26,31)(H,27,30). The average Bonchev–Trinajstić information content (AvgIpc) is 2.75. The third-order valence-electron chi connectivity index (χ3n) is 5.07. The first-order valence-electron chi connectivity index (χ1n) is 9.97. The second-order valence-corrected chi connectivity index (χ2v) is 7.52. The van der Waals surface area contributed by atoms with Crippen molar-refractivity contribution in [1.82, 2.24) is 9.88 Å². The molecule has 1 aromatic heterocycles. The van der Waals surface area contributed by atoms with Gasteiger partial charge in [0.1, 0.15) is 5.75 Å². The van der Waals surface area contributed by atoms with Gasteiger partial charge < -0.3 is 15.4 Å². The van der Waals surface area contributed by atoms with E-state index in [0.29, 0.717) is 28.6 Å². The van der Waals surface area contributed by atoms with Gasteiger partial charge in [-0.2, -0.15) is 0 Å². The molecule has 0 aliphatic rings. The number of amides is 1. The van der Waals surface area contributed by atoms with Gasteiger partial charge in [-0.05, 0) is 42.4 Å². The average molecular weight is 413 g/mol. The normalized spacial score (nSPS) is 11.0. The van der Waals surface area contributed by atoms with Crippen LogP contribution in [0.25, 0.3) is 21.9 Å². The summed E-state index contributed by atoms with van der Waals surface area (Å²) in [6, 6.07) is 22.2. The van der Waals surface area contributed by atoms with Crippen LogP contribution in [-0.2, 0) is 11.3 Å². The lowest BCUT2D eigenvalue weighted by molar-refractivity contribution is -0.117. The van der Waals surface area contributed by atoms with Gasteiger partial charge in [0.05, 0.1) is 11.9 Å². The molecule has 3 N–H and O–H groups in total. The Bertz CT molecular complexity index is 1280. The summed E-state index contributed by atoms with van der Waals surface area (Å²) in [5, 5.41) is 14.2. The summed E-state index contributed by atoms with van der Waals surface area (Å²) in [7, 11) is 1.90. The van der Waals surface area contributed by atoms with Gasteiger partial charge in [-0.1, -0.05) is 48.5 Å². The number of hydrogen-bond donors (Lipinski definition) is 3. The Kier molecular flexibility index (Phi) is 5.82. The fourth-order valence-electron chi connectivity index (χ4n) is 3.69. The number of phenols is 1. The maximum atomic E-state index is 12.5. The number of H-pyrrole nitrogens is 1. The number of rotatable bonds is 6. The highest BCUT2D eigenvalue weighted by molar-refractivity contribution is 6.00. The van der Waals surface area contributed by atoms with Crippen LogP contribution in [0.5, 0.6) is 5.75 Å². The van der Waals surface area contributed by atoms with Crippen molar-refractivity contribution < 1.29 is 9.90 Å². The van der Waals surface area contributed by atoms with Gasteiger partial charge >= 0.3 is 0 Å². The number of benzene rings is 3. The smallest absolute Gasteiger partial charge is 0.255 e. The van der Waals surface area contributed by atoms with Gasteiger partial charge in [0.2, 0.25) is 5.91 Å². The predicted octanol–water partition coefficient (Wildman–Crippen LogP) is 3.97. The van der Waals surface area contributed by atoms with Gasteiger partial charge in [0.15, 0.2) is 0 Å². The summed E-state index contributed by atoms with van der Waals surface area (Å²) in [6.45, 7) is 0.929. The Morgan fingerprint density at radius 2 is 1.81 bits per heavy atom. The van der Waals surface area contributed by atoms with E-state index in [0.717, 1.165) is 11.1 Å². The van der Waals surface area contributed by atoms with E-state index in [4.69, 9.17) is 0 Å². The molecule has 31 heavy (non-hydrogen) atoms. The van der Waals surface area contributed by atoms with Crippen LogP contribution >= 0.6 is 0 Å². The molecular weight excluding hydrogens is 390 g/mol. The van der Waals surface area contributed by atoms with E-state index < -0.39 is 0 Å². The van der Waals surface area contributed by atoms with Crippen LogP contribution in [0.2, 0.25) is 0 Å². The molecule has 0 bridgehead atoms. The van der Waals surface area contributed by atoms with Crippen LogP contribution in [0.15, 0.2) is 83.8 Å². The van der Waals surface area contributed by atoms with Crippen molar-refractivity contribution in [2.24, 2.45) is 0 Å². The quantitative estimate of drug-likeness (QED) is 0.446. The lowest BCUT2D eigenvalue weighted by Crippen LogP contribution is -2.29. The van der Waals surface area contributed by atoms with Gasteiger partial charge in [0.25, 0.3) is 5.56 Å². The van der Waals surface area contributed by atoms with Gasteiger partial charge in [-0.15, -0.1) is 0 Å². The number of nitrogens with one attached hydrogen (secondary N) is 2. The first kappa shape index (κ1) is 20.4. The fourth-order valence-corrected chi connectivity index (χ4v) is 3.69. The van der Waals surface area contributed by atoms with Gasteiger partial charge in [0, 0.05) is 29.4 Å². The summed E-state index contributed by atoms with van der Waals surface area (Å²) in [5.74, 6) is -0.0830. The summed E-state index contributed by atoms with van der Waals surface area (Å²) >= 11 is 0. The zero-order chi connectivity index (χ0) is 21.8. The minimum atomic E-state index is -0.263. The molecule has 0 saturated carbocycles. The number of aromatic nitrogens is 1. The first-order valence-corrected chi connectivity index (χ1v) is 9.97. The lowest BCUT2D eigenvalue weighted by atomic mass is 9.99. The Morgan fingerprint density at radius 1 is 1.03 bits per heavy atom. The largest absolute Gasteiger partial charge is 0.507 e. The number of carbonyl (C=O) groups excluding carboxylic acids is 1. The van der Waals surface area contributed by atoms with Crippen LogP contribution in [-0.4, -0.2) is 34.5 Å². The molecule has 6 heteroatoms. The Labute approximate surface area is 179 Å². The number of carbonyl (C=O) groups is 1. The summed E-state index contributed by atoms with van der Waals surface area (Å²) < 4.78 is 0. The number of likely N-dealkylation sites (N-methyl/N-ethyl adjacent to an activating group) is 1. The third-order valence-corrected chi connectivity index (χ3v) is 5.07. The number of nitrogens with zero attached hydrogens (tertiary/aromatic N) is 1. The molecule has 156 valence electrons. The molecule has 4 rings (SSSR count). The number of fused-ring (bicyclic) bond motifs is 1. The van der Waals surface area contributed by atoms with Gasteiger partial charge in [-0.3, -0.25) is 14.5 Å². The number of phenolic OH excluding ortho intramolecular Hbond substituents is 1. The van der Waals surface area contributed by atoms with Crippen molar-refractivity contribution >= 4 is 22.4 Å². The van der Waals surface area contributed by atoms with E-state index in [1.807, 2.05) is 66.5 Å². The molecule has 0 aliphatic heterocycles. The van der Waals surface area contributed by atoms with Crippen LogP contribution in [0, 0.1) is 0 Å². The van der Waals surface area contributed by atoms with E-state index in [1.54, 1.807) is 24.4 Å². The number of hydrogen-bond acceptors (Lipinski definition) is 4. The summed E-state index contributed by atoms with van der Waals surface area (Å²) in [6.07, 6.45) is 1.58. The van der Waals surface area contributed by atoms with Crippen molar-refractivity contribution in [1.29, 1.82) is 0 Å². The molecule has 3 aromatic carbocycles. The number of anilines is 1. The van der Waals surface area contributed by atoms with Crippen molar-refractivity contribution in [2.75, 3.05) is 18.9 Å². The van der Waals surface area contributed by atoms with E-state index >= 15 is 0 Å². The molecule has 0 fully saturated rings. The number of aromatic amines is 1. The number of aromatic hydroxyl groups is 1. The molecular formula is C25H23N3O3. The topological polar surface area (TPSA) is 85.4 Å². The maximum Gasteiger partial charge on any atom is 0.255 e. The molecule has 0 unspecified atom stereocenters. The Morgan fingerprint density at radius 3 is 2.61 bits per heavy atom. The summed E-state index contributed by atoms with van der Waals surface area (Å²) in [4.78, 5) is 29.3. The maximum absolute atomic E-state index is 12.5. The second-order valence-electron chi connectivity index (χ2n) is 7.52. The van der Waals surface area contributed by atoms with Crippen molar-refractivity contribution in [2.45, 2.75) is 6.54 Å². The lowest BCUT2D eigenvalue weighted by Gasteiger charge is -2.16. The van der Waals surface area contributed by atoms with Crippen LogP contribution in [0.4, 0.5) is 5.69 Å². The van der Waals surface area contributed by atoms with E-state index in [2.05, 4.69) is 10.3 Å². The Balaban J connectivity index is 1.53. The molecule has 0 aliphatic carbocycles. The SMILES string of the molecule is CN(CC(=O)Nc1cccc(-c2c[nH]c(=O)c3cccc(O)c23)c1)Cc1ccccc1. The monoisotopic (exact) mass is 413 g/mol. The molecule has 1 amide bonds. The van der Waals surface area contributed by atoms with Crippen molar-refractivity contribution in [3.05, 3.63) is 94.9 Å². The van der Waals surface area contributed by atoms with Crippen LogP contribution < -0.4 is 10.9 Å². The van der Waals surface area contributed by atoms with E-state index in [9.17, 15) is 14.7 Å². The molecule has 0 radical (unpaired) electrons. The van der Waals surface area contributed by atoms with E-state index in [-0.39, 0.29) is 23.8 Å². The van der Waals surface area contributed by atoms with Crippen LogP contribution in [0.1, 0.15) is 5.56 Å². The third kappa shape index (κ3) is 4.65. The minimum Gasteiger partial charge on any atom is -0.507 e. The highest BCUT2D eigenvalue weighted by atomic mass is 16.3. The molecule has 0 atom stereocenters. The zero-order valence-corrected chi connectivity index (χ0v) is 17.1. The van der Waals surface area contributed by atoms with E-state index in [1.165, 1.54) is 0 Å². The second kappa shape index (κ2) is 8.85. The zero-order valence-electron chi connectivity index (χ0n) is 17.1. The molecule has 6 nitrogen and oxygen atoms in total. The molecule has 0 spiro atoms. The molecule has 1 heterocycles. The number of pyridine rings is 1. The molecule has 4 aromatic rings. The van der Waals surface area contributed by atoms with Crippen LogP contribution in [0.3, 0.4) is 0 Å². The first-order chi connectivity index (χ1) is 15.0. The minimum absolute atomic E-state index is 0.0376. The predicted molar refractivity (Wildman–Crippen MR) is 123 cm³/mol. The fraction of sp³-hybridized carbons (Fsp3) is 0.120. The van der Waals surface area contributed by atoms with Crippen molar-refractivity contribution in [3.63, 3.8) is 0 Å². The highest BCUT2D eigenvalue weighted by Gasteiger charge is 2.12. The Hall–Kier alpha value is -3.90. The summed E-state index contributed by atoms with van der Waals surface area (Å²) in [5.41, 5.74) is 2.98.